The molecule has 0 saturated heterocycles. The summed E-state index contributed by atoms with van der Waals surface area (Å²) in [6.07, 6.45) is -1.53. The molecule has 0 amide bonds. The van der Waals surface area contributed by atoms with Gasteiger partial charge < -0.3 is 18.9 Å². The van der Waals surface area contributed by atoms with E-state index in [1.165, 1.54) is 0 Å². The highest BCUT2D eigenvalue weighted by molar-refractivity contribution is 5.91. The summed E-state index contributed by atoms with van der Waals surface area (Å²) in [5.41, 5.74) is 9.25. The maximum Gasteiger partial charge on any atom is 0.347 e. The van der Waals surface area contributed by atoms with Gasteiger partial charge in [-0.25, -0.2) is 44.7 Å². The van der Waals surface area contributed by atoms with Crippen molar-refractivity contribution in [3.63, 3.8) is 0 Å². The van der Waals surface area contributed by atoms with E-state index in [0.29, 0.717) is 0 Å². The minimum atomic E-state index is -2.26. The molecule has 2 aromatic carbocycles. The fraction of sp³-hybridized carbons (Fsp3) is 0.238. The van der Waals surface area contributed by atoms with Crippen LogP contribution in [0.2, 0.25) is 0 Å². The lowest BCUT2D eigenvalue weighted by atomic mass is 10.1. The zero-order chi connectivity index (χ0) is 32.4. The Morgan fingerprint density at radius 3 is 1.12 bits per heavy atom. The Hall–Kier alpha value is -5.62. The number of nitrogens with zero attached hydrogens (tertiary/aromatic N) is 6. The molecule has 22 heteroatoms. The SMILES string of the molecule is [N-]=[N+]=Nc1c(F)c(F)c(C(=O)OCOC(=O)CCCC(=O)OCOC(=O)c2c(F)c(F)c(N=[N+]=[N-])c(F)c2F)c(F)c1F. The average molecular weight is 626 g/mol. The minimum Gasteiger partial charge on any atom is -0.428 e. The predicted octanol–water partition coefficient (Wildman–Crippen LogP) is 5.87. The van der Waals surface area contributed by atoms with Gasteiger partial charge >= 0.3 is 23.9 Å². The summed E-state index contributed by atoms with van der Waals surface area (Å²) < 4.78 is 128. The van der Waals surface area contributed by atoms with Crippen molar-refractivity contribution in [3.8, 4) is 0 Å². The van der Waals surface area contributed by atoms with Crippen LogP contribution in [0.15, 0.2) is 10.2 Å². The van der Waals surface area contributed by atoms with Gasteiger partial charge in [-0.3, -0.25) is 9.59 Å². The number of carbonyl (C=O) groups is 4. The van der Waals surface area contributed by atoms with Crippen LogP contribution in [0.3, 0.4) is 0 Å². The normalized spacial score (nSPS) is 10.2. The Labute approximate surface area is 230 Å². The number of hydrogen-bond acceptors (Lipinski definition) is 10. The largest absolute Gasteiger partial charge is 0.428 e. The second-order valence-corrected chi connectivity index (χ2v) is 7.32. The maximum atomic E-state index is 13.9. The van der Waals surface area contributed by atoms with Crippen LogP contribution in [0.4, 0.5) is 46.5 Å². The Morgan fingerprint density at radius 2 is 0.837 bits per heavy atom. The predicted molar refractivity (Wildman–Crippen MR) is 117 cm³/mol. The number of ether oxygens (including phenoxy) is 4. The first-order chi connectivity index (χ1) is 20.3. The van der Waals surface area contributed by atoms with Crippen LogP contribution in [0.25, 0.3) is 20.9 Å². The third-order valence-electron chi connectivity index (χ3n) is 4.76. The van der Waals surface area contributed by atoms with Crippen molar-refractivity contribution >= 4 is 35.3 Å². The molecular formula is C21H10F8N6O8. The van der Waals surface area contributed by atoms with E-state index in [9.17, 15) is 54.3 Å². The van der Waals surface area contributed by atoms with Crippen LogP contribution < -0.4 is 0 Å². The molecular weight excluding hydrogens is 616 g/mol. The Bertz CT molecular complexity index is 1420. The smallest absolute Gasteiger partial charge is 0.347 e. The van der Waals surface area contributed by atoms with Crippen LogP contribution in [0.5, 0.6) is 0 Å². The van der Waals surface area contributed by atoms with Crippen LogP contribution >= 0.6 is 0 Å². The molecule has 0 N–H and O–H groups in total. The second-order valence-electron chi connectivity index (χ2n) is 7.32. The lowest BCUT2D eigenvalue weighted by Crippen LogP contribution is -2.18. The molecule has 0 aliphatic carbocycles. The summed E-state index contributed by atoms with van der Waals surface area (Å²) in [5.74, 6) is -24.2. The van der Waals surface area contributed by atoms with Crippen molar-refractivity contribution in [2.24, 2.45) is 10.2 Å². The molecule has 0 saturated carbocycles. The summed E-state index contributed by atoms with van der Waals surface area (Å²) in [6.45, 7) is -2.62. The van der Waals surface area contributed by atoms with Gasteiger partial charge in [0.05, 0.1) is 0 Å². The quantitative estimate of drug-likeness (QED) is 0.0529. The molecule has 43 heavy (non-hydrogen) atoms. The molecule has 0 unspecified atom stereocenters. The number of hydrogen-bond donors (Lipinski definition) is 0. The molecule has 0 aromatic heterocycles. The van der Waals surface area contributed by atoms with Gasteiger partial charge in [-0.2, -0.15) is 0 Å². The van der Waals surface area contributed by atoms with Gasteiger partial charge in [0, 0.05) is 22.7 Å². The van der Waals surface area contributed by atoms with Gasteiger partial charge in [0.25, 0.3) is 0 Å². The molecule has 0 fully saturated rings. The van der Waals surface area contributed by atoms with E-state index in [2.05, 4.69) is 29.2 Å². The highest BCUT2D eigenvalue weighted by Crippen LogP contribution is 2.32. The first-order valence-corrected chi connectivity index (χ1v) is 10.8. The van der Waals surface area contributed by atoms with Crippen molar-refractivity contribution in [2.75, 3.05) is 13.6 Å². The first-order valence-electron chi connectivity index (χ1n) is 10.8. The second kappa shape index (κ2) is 14.8. The van der Waals surface area contributed by atoms with E-state index in [-0.39, 0.29) is 6.42 Å². The van der Waals surface area contributed by atoms with Gasteiger partial charge in [0.1, 0.15) is 22.5 Å². The fourth-order valence-corrected chi connectivity index (χ4v) is 2.83. The maximum absolute atomic E-state index is 13.9. The highest BCUT2D eigenvalue weighted by atomic mass is 19.2. The summed E-state index contributed by atoms with van der Waals surface area (Å²) >= 11 is 0. The fourth-order valence-electron chi connectivity index (χ4n) is 2.83. The van der Waals surface area contributed by atoms with Crippen LogP contribution in [0, 0.1) is 46.5 Å². The van der Waals surface area contributed by atoms with Gasteiger partial charge in [0.2, 0.25) is 13.6 Å². The third kappa shape index (κ3) is 7.77. The molecule has 0 radical (unpaired) electrons. The van der Waals surface area contributed by atoms with Crippen LogP contribution in [-0.4, -0.2) is 37.5 Å². The van der Waals surface area contributed by atoms with Crippen molar-refractivity contribution in [2.45, 2.75) is 19.3 Å². The van der Waals surface area contributed by atoms with Gasteiger partial charge in [0.15, 0.2) is 46.5 Å². The molecule has 0 aliphatic rings. The van der Waals surface area contributed by atoms with E-state index in [1.54, 1.807) is 0 Å². The highest BCUT2D eigenvalue weighted by Gasteiger charge is 2.31. The van der Waals surface area contributed by atoms with E-state index >= 15 is 0 Å². The first kappa shape index (κ1) is 33.6. The molecule has 0 heterocycles. The lowest BCUT2D eigenvalue weighted by molar-refractivity contribution is -0.153. The van der Waals surface area contributed by atoms with Crippen LogP contribution in [-0.2, 0) is 28.5 Å². The number of azide groups is 2. The summed E-state index contributed by atoms with van der Waals surface area (Å²) in [5, 5.41) is 4.84. The molecule has 14 nitrogen and oxygen atoms in total. The van der Waals surface area contributed by atoms with Gasteiger partial charge in [-0.05, 0) is 17.5 Å². The lowest BCUT2D eigenvalue weighted by Gasteiger charge is -2.10. The van der Waals surface area contributed by atoms with Gasteiger partial charge in [-0.15, -0.1) is 0 Å². The summed E-state index contributed by atoms with van der Waals surface area (Å²) in [6, 6.07) is 0. The number of halogens is 8. The Balaban J connectivity index is 1.80. The molecule has 2 aromatic rings. The summed E-state index contributed by atoms with van der Waals surface area (Å²) in [4.78, 5) is 50.8. The monoisotopic (exact) mass is 626 g/mol. The third-order valence-corrected chi connectivity index (χ3v) is 4.76. The molecule has 0 aliphatic heterocycles. The van der Waals surface area contributed by atoms with Crippen molar-refractivity contribution < 1.29 is 73.2 Å². The van der Waals surface area contributed by atoms with E-state index < -0.39 is 119 Å². The number of esters is 4. The van der Waals surface area contributed by atoms with Crippen molar-refractivity contribution in [1.29, 1.82) is 0 Å². The van der Waals surface area contributed by atoms with Crippen molar-refractivity contribution in [3.05, 3.63) is 78.6 Å². The zero-order valence-corrected chi connectivity index (χ0v) is 20.5. The molecule has 0 atom stereocenters. The number of benzene rings is 2. The standard InChI is InChI=1S/C21H10F8N6O8/c22-10-8(11(23)15(27)18(14(10)26)32-34-30)20(38)42-4-40-6(36)2-1-3-7(37)41-5-43-21(39)9-12(24)16(28)19(33-35-31)17(29)13(9)25/h1-5H2. The Kier molecular flexibility index (Phi) is 11.6. The summed E-state index contributed by atoms with van der Waals surface area (Å²) in [7, 11) is 0. The van der Waals surface area contributed by atoms with Gasteiger partial charge in [-0.1, -0.05) is 10.2 Å². The zero-order valence-electron chi connectivity index (χ0n) is 20.5. The van der Waals surface area contributed by atoms with E-state index in [0.717, 1.165) is 0 Å². The number of carbonyl (C=O) groups excluding carboxylic acids is 4. The van der Waals surface area contributed by atoms with E-state index in [4.69, 9.17) is 11.1 Å². The molecule has 0 bridgehead atoms. The van der Waals surface area contributed by atoms with Crippen LogP contribution in [0.1, 0.15) is 40.0 Å². The minimum absolute atomic E-state index is 0.347. The molecule has 0 spiro atoms. The molecule has 2 rings (SSSR count). The van der Waals surface area contributed by atoms with Crippen molar-refractivity contribution in [1.82, 2.24) is 0 Å². The Morgan fingerprint density at radius 1 is 0.535 bits per heavy atom. The topological polar surface area (TPSA) is 203 Å². The average Bonchev–Trinajstić information content (AvgIpc) is 2.95. The van der Waals surface area contributed by atoms with E-state index in [1.807, 2.05) is 9.82 Å². The molecule has 228 valence electrons. The number of rotatable bonds is 12.